The van der Waals surface area contributed by atoms with Crippen LogP contribution in [-0.4, -0.2) is 15.3 Å². The Morgan fingerprint density at radius 1 is 1.43 bits per heavy atom. The summed E-state index contributed by atoms with van der Waals surface area (Å²) in [4.78, 5) is 16.9. The van der Waals surface area contributed by atoms with Crippen LogP contribution in [-0.2, 0) is 11.3 Å². The summed E-state index contributed by atoms with van der Waals surface area (Å²) < 4.78 is 1.83. The highest BCUT2D eigenvalue weighted by atomic mass is 35.5. The second-order valence-electron chi connectivity index (χ2n) is 4.70. The number of amides is 1. The van der Waals surface area contributed by atoms with E-state index in [9.17, 15) is 4.79 Å². The third-order valence-corrected chi connectivity index (χ3v) is 4.23. The lowest BCUT2D eigenvalue weighted by molar-refractivity contribution is -0.116. The fourth-order valence-electron chi connectivity index (χ4n) is 2.03. The zero-order valence-electron chi connectivity index (χ0n) is 11.9. The van der Waals surface area contributed by atoms with E-state index in [0.29, 0.717) is 23.0 Å². The maximum atomic E-state index is 11.9. The summed E-state index contributed by atoms with van der Waals surface area (Å²) >= 11 is 7.54. The number of halogens is 1. The SMILES string of the molecule is N#Cc1ccc(CNC(=O)/C=C/c2c(Cl)nc3sccn23)cc1. The third-order valence-electron chi connectivity index (χ3n) is 3.20. The molecule has 0 atom stereocenters. The van der Waals surface area contributed by atoms with Gasteiger partial charge in [-0.15, -0.1) is 11.3 Å². The average Bonchev–Trinajstić information content (AvgIpc) is 3.12. The second-order valence-corrected chi connectivity index (χ2v) is 5.93. The smallest absolute Gasteiger partial charge is 0.244 e. The van der Waals surface area contributed by atoms with E-state index >= 15 is 0 Å². The highest BCUT2D eigenvalue weighted by molar-refractivity contribution is 7.15. The van der Waals surface area contributed by atoms with Crippen LogP contribution in [0, 0.1) is 11.3 Å². The number of nitrogens with one attached hydrogen (secondary N) is 1. The number of fused-ring (bicyclic) bond motifs is 1. The minimum Gasteiger partial charge on any atom is -0.348 e. The van der Waals surface area contributed by atoms with Crippen molar-refractivity contribution in [3.63, 3.8) is 0 Å². The first-order valence-corrected chi connectivity index (χ1v) is 7.99. The van der Waals surface area contributed by atoms with Gasteiger partial charge < -0.3 is 5.32 Å². The van der Waals surface area contributed by atoms with E-state index < -0.39 is 0 Å². The van der Waals surface area contributed by atoms with E-state index in [1.165, 1.54) is 17.4 Å². The van der Waals surface area contributed by atoms with Crippen LogP contribution in [0.3, 0.4) is 0 Å². The van der Waals surface area contributed by atoms with Crippen LogP contribution in [0.25, 0.3) is 11.0 Å². The molecule has 0 unspecified atom stereocenters. The molecule has 2 aromatic heterocycles. The number of carbonyl (C=O) groups excluding carboxylic acids is 1. The van der Waals surface area contributed by atoms with E-state index in [2.05, 4.69) is 16.4 Å². The van der Waals surface area contributed by atoms with Crippen LogP contribution in [0.2, 0.25) is 5.15 Å². The summed E-state index contributed by atoms with van der Waals surface area (Å²) in [5.41, 5.74) is 2.19. The first-order valence-electron chi connectivity index (χ1n) is 6.73. The molecule has 0 bridgehead atoms. The van der Waals surface area contributed by atoms with Crippen LogP contribution in [0.1, 0.15) is 16.8 Å². The summed E-state index contributed by atoms with van der Waals surface area (Å²) in [6, 6.07) is 9.11. The molecule has 114 valence electrons. The number of nitrogens with zero attached hydrogens (tertiary/aromatic N) is 3. The number of nitriles is 1. The number of carbonyl (C=O) groups is 1. The van der Waals surface area contributed by atoms with E-state index in [-0.39, 0.29) is 5.91 Å². The summed E-state index contributed by atoms with van der Waals surface area (Å²) in [7, 11) is 0. The molecule has 1 aromatic carbocycles. The minimum atomic E-state index is -0.226. The first-order chi connectivity index (χ1) is 11.2. The molecule has 0 saturated heterocycles. The van der Waals surface area contributed by atoms with Gasteiger partial charge in [-0.2, -0.15) is 5.26 Å². The van der Waals surface area contributed by atoms with Gasteiger partial charge in [-0.1, -0.05) is 23.7 Å². The average molecular weight is 343 g/mol. The number of imidazole rings is 1. The maximum Gasteiger partial charge on any atom is 0.244 e. The molecule has 1 N–H and O–H groups in total. The summed E-state index contributed by atoms with van der Waals surface area (Å²) in [5.74, 6) is -0.226. The van der Waals surface area contributed by atoms with Crippen LogP contribution >= 0.6 is 22.9 Å². The van der Waals surface area contributed by atoms with Gasteiger partial charge in [0.15, 0.2) is 10.1 Å². The molecule has 1 amide bonds. The van der Waals surface area contributed by atoms with Crippen molar-refractivity contribution in [3.05, 3.63) is 63.9 Å². The second kappa shape index (κ2) is 6.65. The van der Waals surface area contributed by atoms with Crippen molar-refractivity contribution in [2.75, 3.05) is 0 Å². The van der Waals surface area contributed by atoms with Gasteiger partial charge in [0.05, 0.1) is 17.3 Å². The van der Waals surface area contributed by atoms with Crippen LogP contribution in [0.15, 0.2) is 41.9 Å². The topological polar surface area (TPSA) is 70.2 Å². The first kappa shape index (κ1) is 15.3. The number of benzene rings is 1. The number of rotatable bonds is 4. The fraction of sp³-hybridized carbons (Fsp3) is 0.0625. The maximum absolute atomic E-state index is 11.9. The minimum absolute atomic E-state index is 0.226. The van der Waals surface area contributed by atoms with Crippen LogP contribution in [0.4, 0.5) is 0 Å². The molecule has 0 aliphatic carbocycles. The van der Waals surface area contributed by atoms with Crippen molar-refractivity contribution in [3.8, 4) is 6.07 Å². The molecule has 3 rings (SSSR count). The molecular formula is C16H11ClN4OS. The van der Waals surface area contributed by atoms with Gasteiger partial charge >= 0.3 is 0 Å². The zero-order valence-corrected chi connectivity index (χ0v) is 13.4. The number of thiazole rings is 1. The van der Waals surface area contributed by atoms with Crippen molar-refractivity contribution in [2.45, 2.75) is 6.54 Å². The molecule has 0 fully saturated rings. The Labute approximate surface area is 141 Å². The Kier molecular flexibility index (Phi) is 4.42. The summed E-state index contributed by atoms with van der Waals surface area (Å²) in [6.07, 6.45) is 4.92. The van der Waals surface area contributed by atoms with E-state index in [0.717, 1.165) is 10.5 Å². The normalized spacial score (nSPS) is 11.0. The fourth-order valence-corrected chi connectivity index (χ4v) is 3.03. The van der Waals surface area contributed by atoms with E-state index in [1.807, 2.05) is 28.1 Å². The molecule has 0 saturated carbocycles. The van der Waals surface area contributed by atoms with Crippen molar-refractivity contribution >= 4 is 39.9 Å². The predicted molar refractivity (Wildman–Crippen MR) is 90.1 cm³/mol. The van der Waals surface area contributed by atoms with Gasteiger partial charge in [0, 0.05) is 24.2 Å². The monoisotopic (exact) mass is 342 g/mol. The lowest BCUT2D eigenvalue weighted by Gasteiger charge is -2.02. The molecule has 3 aromatic rings. The lowest BCUT2D eigenvalue weighted by atomic mass is 10.1. The quantitative estimate of drug-likeness (QED) is 0.740. The molecule has 0 aliphatic rings. The molecule has 7 heteroatoms. The van der Waals surface area contributed by atoms with Gasteiger partial charge in [0.2, 0.25) is 5.91 Å². The number of hydrogen-bond donors (Lipinski definition) is 1. The van der Waals surface area contributed by atoms with Gasteiger partial charge in [0.1, 0.15) is 0 Å². The Balaban J connectivity index is 1.63. The molecule has 2 heterocycles. The van der Waals surface area contributed by atoms with Gasteiger partial charge in [-0.3, -0.25) is 9.20 Å². The molecule has 0 aliphatic heterocycles. The third kappa shape index (κ3) is 3.42. The molecule has 5 nitrogen and oxygen atoms in total. The highest BCUT2D eigenvalue weighted by Gasteiger charge is 2.08. The largest absolute Gasteiger partial charge is 0.348 e. The van der Waals surface area contributed by atoms with Crippen molar-refractivity contribution in [2.24, 2.45) is 0 Å². The lowest BCUT2D eigenvalue weighted by Crippen LogP contribution is -2.20. The van der Waals surface area contributed by atoms with E-state index in [4.69, 9.17) is 16.9 Å². The van der Waals surface area contributed by atoms with Crippen LogP contribution < -0.4 is 5.32 Å². The Morgan fingerprint density at radius 3 is 2.96 bits per heavy atom. The molecule has 0 radical (unpaired) electrons. The van der Waals surface area contributed by atoms with Crippen molar-refractivity contribution in [1.82, 2.24) is 14.7 Å². The Hall–Kier alpha value is -2.62. The number of aromatic nitrogens is 2. The van der Waals surface area contributed by atoms with Gasteiger partial charge in [0.25, 0.3) is 0 Å². The highest BCUT2D eigenvalue weighted by Crippen LogP contribution is 2.22. The Morgan fingerprint density at radius 2 is 2.22 bits per heavy atom. The van der Waals surface area contributed by atoms with Gasteiger partial charge in [-0.25, -0.2) is 4.98 Å². The predicted octanol–water partition coefficient (Wildman–Crippen LogP) is 3.25. The Bertz CT molecular complexity index is 918. The zero-order chi connectivity index (χ0) is 16.2. The molecule has 23 heavy (non-hydrogen) atoms. The number of hydrogen-bond acceptors (Lipinski definition) is 4. The molecule has 0 spiro atoms. The summed E-state index contributed by atoms with van der Waals surface area (Å²) in [5, 5.41) is 13.8. The van der Waals surface area contributed by atoms with Crippen molar-refractivity contribution < 1.29 is 4.79 Å². The van der Waals surface area contributed by atoms with E-state index in [1.54, 1.807) is 18.2 Å². The van der Waals surface area contributed by atoms with Gasteiger partial charge in [-0.05, 0) is 23.8 Å². The van der Waals surface area contributed by atoms with Crippen LogP contribution in [0.5, 0.6) is 0 Å². The summed E-state index contributed by atoms with van der Waals surface area (Å²) in [6.45, 7) is 0.392. The standard InChI is InChI=1S/C16H11ClN4OS/c17-15-13(21-7-8-23-16(21)20-15)5-6-14(22)19-10-12-3-1-11(9-18)2-4-12/h1-8H,10H2,(H,19,22)/b6-5+. The molecular weight excluding hydrogens is 332 g/mol. The van der Waals surface area contributed by atoms with Crippen molar-refractivity contribution in [1.29, 1.82) is 5.26 Å².